The molecular formula is C17H23N5S. The summed E-state index contributed by atoms with van der Waals surface area (Å²) in [4.78, 5) is 9.31. The second-order valence-electron chi connectivity index (χ2n) is 6.16. The number of benzene rings is 1. The maximum Gasteiger partial charge on any atom is 0.188 e. The van der Waals surface area contributed by atoms with Gasteiger partial charge in [-0.15, -0.1) is 0 Å². The third kappa shape index (κ3) is 3.09. The molecule has 1 aromatic carbocycles. The van der Waals surface area contributed by atoms with Crippen LogP contribution in [0.4, 0.5) is 5.13 Å². The molecule has 2 heterocycles. The van der Waals surface area contributed by atoms with Gasteiger partial charge in [0.2, 0.25) is 0 Å². The van der Waals surface area contributed by atoms with Crippen molar-refractivity contribution in [3.63, 3.8) is 0 Å². The highest BCUT2D eigenvalue weighted by Crippen LogP contribution is 2.34. The molecule has 0 spiro atoms. The number of hydrogen-bond acceptors (Lipinski definition) is 5. The summed E-state index contributed by atoms with van der Waals surface area (Å²) in [5.41, 5.74) is 3.31. The normalized spacial score (nSPS) is 13.0. The zero-order valence-electron chi connectivity index (χ0n) is 14.3. The Hall–Kier alpha value is -1.92. The van der Waals surface area contributed by atoms with Gasteiger partial charge in [-0.05, 0) is 26.6 Å². The Labute approximate surface area is 141 Å². The molecular weight excluding hydrogens is 306 g/mol. The molecule has 0 N–H and O–H groups in total. The molecule has 0 aliphatic carbocycles. The Kier molecular flexibility index (Phi) is 4.37. The molecule has 122 valence electrons. The van der Waals surface area contributed by atoms with Gasteiger partial charge in [-0.3, -0.25) is 0 Å². The van der Waals surface area contributed by atoms with Crippen molar-refractivity contribution in [1.82, 2.24) is 19.7 Å². The Morgan fingerprint density at radius 3 is 2.48 bits per heavy atom. The number of likely N-dealkylation sites (N-methyl/N-ethyl adjacent to an activating group) is 2. The average Bonchev–Trinajstić information content (AvgIpc) is 3.07. The van der Waals surface area contributed by atoms with E-state index in [1.807, 2.05) is 18.7 Å². The van der Waals surface area contributed by atoms with Gasteiger partial charge < -0.3 is 9.80 Å². The van der Waals surface area contributed by atoms with Crippen molar-refractivity contribution >= 4 is 26.8 Å². The molecule has 3 aromatic rings. The van der Waals surface area contributed by atoms with Gasteiger partial charge in [-0.1, -0.05) is 41.7 Å². The number of aromatic nitrogens is 3. The fourth-order valence-corrected chi connectivity index (χ4v) is 3.87. The molecule has 5 nitrogen and oxygen atoms in total. The predicted octanol–water partition coefficient (Wildman–Crippen LogP) is 3.08. The van der Waals surface area contributed by atoms with Crippen molar-refractivity contribution in [3.8, 4) is 0 Å². The van der Waals surface area contributed by atoms with E-state index in [0.29, 0.717) is 0 Å². The number of nitrogens with zero attached hydrogens (tertiary/aromatic N) is 5. The van der Waals surface area contributed by atoms with Crippen molar-refractivity contribution in [3.05, 3.63) is 41.6 Å². The molecule has 0 aliphatic heterocycles. The van der Waals surface area contributed by atoms with Crippen molar-refractivity contribution < 1.29 is 0 Å². The van der Waals surface area contributed by atoms with E-state index in [1.165, 1.54) is 10.3 Å². The minimum absolute atomic E-state index is 0.264. The smallest absolute Gasteiger partial charge is 0.188 e. The van der Waals surface area contributed by atoms with Crippen molar-refractivity contribution in [1.29, 1.82) is 0 Å². The van der Waals surface area contributed by atoms with Crippen LogP contribution in [-0.4, -0.2) is 47.4 Å². The highest BCUT2D eigenvalue weighted by atomic mass is 32.1. The van der Waals surface area contributed by atoms with Gasteiger partial charge >= 0.3 is 0 Å². The SMILES string of the molecule is Cc1nn(C)c2nc(N(C)C(CN(C)C)c3ccccc3)sc12. The monoisotopic (exact) mass is 329 g/mol. The van der Waals surface area contributed by atoms with Crippen molar-refractivity contribution in [2.75, 3.05) is 32.6 Å². The van der Waals surface area contributed by atoms with Crippen LogP contribution in [0.1, 0.15) is 17.3 Å². The number of aryl methyl sites for hydroxylation is 2. The van der Waals surface area contributed by atoms with Crippen LogP contribution in [0.2, 0.25) is 0 Å². The first-order valence-corrected chi connectivity index (χ1v) is 8.51. The van der Waals surface area contributed by atoms with Crippen LogP contribution >= 0.6 is 11.3 Å². The van der Waals surface area contributed by atoms with E-state index >= 15 is 0 Å². The lowest BCUT2D eigenvalue weighted by Crippen LogP contribution is -2.32. The molecule has 1 unspecified atom stereocenters. The molecule has 23 heavy (non-hydrogen) atoms. The first kappa shape index (κ1) is 16.0. The summed E-state index contributed by atoms with van der Waals surface area (Å²) < 4.78 is 3.04. The zero-order valence-corrected chi connectivity index (χ0v) is 15.1. The van der Waals surface area contributed by atoms with E-state index in [1.54, 1.807) is 11.3 Å². The number of thiazole rings is 1. The van der Waals surface area contributed by atoms with Crippen LogP contribution in [0.5, 0.6) is 0 Å². The highest BCUT2D eigenvalue weighted by Gasteiger charge is 2.22. The van der Waals surface area contributed by atoms with Crippen LogP contribution in [0.25, 0.3) is 10.3 Å². The second kappa shape index (κ2) is 6.29. The standard InChI is InChI=1S/C17H23N5S/c1-12-15-16(22(5)19-12)18-17(23-15)21(4)14(11-20(2)3)13-9-7-6-8-10-13/h6-10,14H,11H2,1-5H3. The minimum atomic E-state index is 0.264. The number of hydrogen-bond donors (Lipinski definition) is 0. The Morgan fingerprint density at radius 1 is 1.17 bits per heavy atom. The van der Waals surface area contributed by atoms with Crippen LogP contribution in [-0.2, 0) is 7.05 Å². The van der Waals surface area contributed by atoms with E-state index < -0.39 is 0 Å². The molecule has 0 aliphatic rings. The first-order valence-electron chi connectivity index (χ1n) is 7.70. The van der Waals surface area contributed by atoms with Gasteiger partial charge in [0.25, 0.3) is 0 Å². The van der Waals surface area contributed by atoms with Gasteiger partial charge in [0.15, 0.2) is 10.8 Å². The quantitative estimate of drug-likeness (QED) is 0.721. The predicted molar refractivity (Wildman–Crippen MR) is 97.3 cm³/mol. The molecule has 0 radical (unpaired) electrons. The third-order valence-corrected chi connectivity index (χ3v) is 5.27. The molecule has 6 heteroatoms. The van der Waals surface area contributed by atoms with E-state index in [-0.39, 0.29) is 6.04 Å². The first-order chi connectivity index (χ1) is 11.0. The second-order valence-corrected chi connectivity index (χ2v) is 7.14. The molecule has 0 saturated carbocycles. The van der Waals surface area contributed by atoms with Crippen LogP contribution in [0.3, 0.4) is 0 Å². The topological polar surface area (TPSA) is 37.2 Å². The molecule has 1 atom stereocenters. The molecule has 0 bridgehead atoms. The molecule has 0 saturated heterocycles. The zero-order chi connectivity index (χ0) is 16.6. The maximum absolute atomic E-state index is 4.81. The van der Waals surface area contributed by atoms with Gasteiger partial charge in [-0.25, -0.2) is 9.67 Å². The molecule has 0 fully saturated rings. The van der Waals surface area contributed by atoms with E-state index in [9.17, 15) is 0 Å². The summed E-state index contributed by atoms with van der Waals surface area (Å²) in [6.45, 7) is 2.98. The lowest BCUT2D eigenvalue weighted by atomic mass is 10.1. The average molecular weight is 329 g/mol. The largest absolute Gasteiger partial charge is 0.343 e. The highest BCUT2D eigenvalue weighted by molar-refractivity contribution is 7.22. The Bertz CT molecular complexity index is 756. The summed E-state index contributed by atoms with van der Waals surface area (Å²) in [5.74, 6) is 0. The lowest BCUT2D eigenvalue weighted by molar-refractivity contribution is 0.370. The summed E-state index contributed by atoms with van der Waals surface area (Å²) in [6.07, 6.45) is 0. The lowest BCUT2D eigenvalue weighted by Gasteiger charge is -2.30. The van der Waals surface area contributed by atoms with Crippen LogP contribution in [0.15, 0.2) is 30.3 Å². The van der Waals surface area contributed by atoms with Crippen LogP contribution < -0.4 is 4.90 Å². The number of fused-ring (bicyclic) bond motifs is 1. The fraction of sp³-hybridized carbons (Fsp3) is 0.412. The maximum atomic E-state index is 4.81. The van der Waals surface area contributed by atoms with E-state index in [4.69, 9.17) is 4.98 Å². The molecule has 0 amide bonds. The van der Waals surface area contributed by atoms with Crippen molar-refractivity contribution in [2.45, 2.75) is 13.0 Å². The van der Waals surface area contributed by atoms with Crippen LogP contribution in [0, 0.1) is 6.92 Å². The van der Waals surface area contributed by atoms with Gasteiger partial charge in [0.05, 0.1) is 16.4 Å². The van der Waals surface area contributed by atoms with Crippen molar-refractivity contribution in [2.24, 2.45) is 7.05 Å². The van der Waals surface area contributed by atoms with Gasteiger partial charge in [-0.2, -0.15) is 5.10 Å². The summed E-state index contributed by atoms with van der Waals surface area (Å²) in [6, 6.07) is 10.9. The van der Waals surface area contributed by atoms with Gasteiger partial charge in [0.1, 0.15) is 0 Å². The third-order valence-electron chi connectivity index (χ3n) is 4.02. The Morgan fingerprint density at radius 2 is 1.87 bits per heavy atom. The summed E-state index contributed by atoms with van der Waals surface area (Å²) >= 11 is 1.72. The molecule has 3 rings (SSSR count). The fourth-order valence-electron chi connectivity index (χ4n) is 2.83. The van der Waals surface area contributed by atoms with Gasteiger partial charge in [0, 0.05) is 20.6 Å². The molecule has 2 aromatic heterocycles. The number of rotatable bonds is 5. The Balaban J connectivity index is 1.98. The van der Waals surface area contributed by atoms with E-state index in [0.717, 1.165) is 23.0 Å². The number of anilines is 1. The summed E-state index contributed by atoms with van der Waals surface area (Å²) in [7, 11) is 8.29. The van der Waals surface area contributed by atoms with E-state index in [2.05, 4.69) is 66.4 Å². The summed E-state index contributed by atoms with van der Waals surface area (Å²) in [5, 5.41) is 5.47. The minimum Gasteiger partial charge on any atom is -0.343 e.